The lowest BCUT2D eigenvalue weighted by Crippen LogP contribution is -2.11. The maximum absolute atomic E-state index is 12.5. The average molecular weight is 449 g/mol. The van der Waals surface area contributed by atoms with Gasteiger partial charge in [-0.15, -0.1) is 0 Å². The van der Waals surface area contributed by atoms with E-state index in [1.807, 2.05) is 0 Å². The summed E-state index contributed by atoms with van der Waals surface area (Å²) in [4.78, 5) is 19.1. The lowest BCUT2D eigenvalue weighted by atomic mass is 10.1. The zero-order valence-corrected chi connectivity index (χ0v) is 21.0. The minimum atomic E-state index is -4.45. The fourth-order valence-electron chi connectivity index (χ4n) is 3.18. The van der Waals surface area contributed by atoms with Crippen LogP contribution in [-0.4, -0.2) is 28.5 Å². The van der Waals surface area contributed by atoms with Gasteiger partial charge in [0.2, 0.25) is 7.37 Å². The third-order valence-corrected chi connectivity index (χ3v) is 10.2. The fraction of sp³-hybridized carbons (Fsp3) is 0.727. The van der Waals surface area contributed by atoms with Gasteiger partial charge in [-0.1, -0.05) is 41.4 Å². The zero-order valence-electron chi connectivity index (χ0n) is 19.2. The van der Waals surface area contributed by atoms with Crippen molar-refractivity contribution in [3.05, 3.63) is 34.9 Å². The standard InChI is InChI=1S/C22H42O5P2/c1-7-27-28(6,23)22(29(24,25)26)18-10-8-9-14-20(4)16-12-17-21(5)15-11-13-19(2)3/h13-14,17,22H,7-12,15-16,18H2,1-6H3,(H2,24,25,26)/b20-14+,21-17+. The molecule has 2 N–H and O–H groups in total. The van der Waals surface area contributed by atoms with Crippen LogP contribution < -0.4 is 0 Å². The maximum Gasteiger partial charge on any atom is 0.338 e. The van der Waals surface area contributed by atoms with Gasteiger partial charge in [-0.2, -0.15) is 0 Å². The summed E-state index contributed by atoms with van der Waals surface area (Å²) in [5.41, 5.74) is 4.13. The largest absolute Gasteiger partial charge is 0.338 e. The van der Waals surface area contributed by atoms with Crippen molar-refractivity contribution < 1.29 is 23.4 Å². The van der Waals surface area contributed by atoms with Gasteiger partial charge < -0.3 is 14.3 Å². The third-order valence-electron chi connectivity index (χ3n) is 4.85. The van der Waals surface area contributed by atoms with E-state index in [0.29, 0.717) is 6.42 Å². The van der Waals surface area contributed by atoms with Gasteiger partial charge in [0.15, 0.2) is 0 Å². The van der Waals surface area contributed by atoms with Crippen molar-refractivity contribution in [2.75, 3.05) is 13.3 Å². The molecule has 0 aromatic carbocycles. The molecular formula is C22H42O5P2. The molecule has 0 aromatic rings. The molecule has 0 amide bonds. The van der Waals surface area contributed by atoms with Gasteiger partial charge in [-0.25, -0.2) is 0 Å². The number of allylic oxidation sites excluding steroid dienone is 6. The Morgan fingerprint density at radius 1 is 0.897 bits per heavy atom. The monoisotopic (exact) mass is 448 g/mol. The average Bonchev–Trinajstić information content (AvgIpc) is 2.56. The van der Waals surface area contributed by atoms with Crippen LogP contribution in [0, 0.1) is 0 Å². The predicted octanol–water partition coefficient (Wildman–Crippen LogP) is 7.41. The molecule has 0 aliphatic heterocycles. The van der Waals surface area contributed by atoms with E-state index in [1.54, 1.807) is 6.92 Å². The molecule has 0 bridgehead atoms. The second-order valence-electron chi connectivity index (χ2n) is 8.14. The van der Waals surface area contributed by atoms with E-state index in [1.165, 1.54) is 23.4 Å². The van der Waals surface area contributed by atoms with E-state index in [0.717, 1.165) is 38.5 Å². The van der Waals surface area contributed by atoms with Crippen molar-refractivity contribution in [2.24, 2.45) is 0 Å². The van der Waals surface area contributed by atoms with Gasteiger partial charge >= 0.3 is 7.60 Å². The zero-order chi connectivity index (χ0) is 22.5. The molecular weight excluding hydrogens is 406 g/mol. The van der Waals surface area contributed by atoms with Crippen molar-refractivity contribution in [3.8, 4) is 0 Å². The van der Waals surface area contributed by atoms with Gasteiger partial charge in [0, 0.05) is 6.66 Å². The first-order valence-electron chi connectivity index (χ1n) is 10.6. The number of hydrogen-bond acceptors (Lipinski definition) is 3. The Morgan fingerprint density at radius 3 is 1.90 bits per heavy atom. The molecule has 2 unspecified atom stereocenters. The highest BCUT2D eigenvalue weighted by atomic mass is 31.2. The molecule has 0 spiro atoms. The molecule has 0 aromatic heterocycles. The first-order valence-corrected chi connectivity index (χ1v) is 14.4. The first kappa shape index (κ1) is 28.6. The molecule has 0 saturated carbocycles. The van der Waals surface area contributed by atoms with Crippen LogP contribution in [0.1, 0.15) is 86.0 Å². The molecule has 0 fully saturated rings. The molecule has 0 saturated heterocycles. The summed E-state index contributed by atoms with van der Waals surface area (Å²) in [7, 11) is -7.77. The summed E-state index contributed by atoms with van der Waals surface area (Å²) < 4.78 is 29.3. The van der Waals surface area contributed by atoms with Crippen LogP contribution in [0.2, 0.25) is 0 Å². The Hall–Kier alpha value is -0.440. The van der Waals surface area contributed by atoms with E-state index in [-0.39, 0.29) is 13.0 Å². The molecule has 7 heteroatoms. The van der Waals surface area contributed by atoms with E-state index in [4.69, 9.17) is 4.52 Å². The Balaban J connectivity index is 4.33. The summed E-state index contributed by atoms with van der Waals surface area (Å²) in [6.45, 7) is 11.8. The van der Waals surface area contributed by atoms with Crippen LogP contribution in [-0.2, 0) is 13.7 Å². The predicted molar refractivity (Wildman–Crippen MR) is 125 cm³/mol. The van der Waals surface area contributed by atoms with Crippen molar-refractivity contribution in [3.63, 3.8) is 0 Å². The Bertz CT molecular complexity index is 654. The fourth-order valence-corrected chi connectivity index (χ4v) is 7.42. The van der Waals surface area contributed by atoms with Gasteiger partial charge in [0.1, 0.15) is 5.40 Å². The second kappa shape index (κ2) is 14.5. The van der Waals surface area contributed by atoms with Gasteiger partial charge in [0.05, 0.1) is 6.61 Å². The summed E-state index contributed by atoms with van der Waals surface area (Å²) in [6.07, 6.45) is 13.6. The smallest absolute Gasteiger partial charge is 0.328 e. The first-order chi connectivity index (χ1) is 13.4. The van der Waals surface area contributed by atoms with E-state index in [2.05, 4.69) is 45.9 Å². The topological polar surface area (TPSA) is 83.8 Å². The molecule has 0 radical (unpaired) electrons. The summed E-state index contributed by atoms with van der Waals surface area (Å²) in [5.74, 6) is 0. The number of unbranched alkanes of at least 4 members (excludes halogenated alkanes) is 2. The van der Waals surface area contributed by atoms with Crippen LogP contribution in [0.15, 0.2) is 34.9 Å². The van der Waals surface area contributed by atoms with Crippen LogP contribution >= 0.6 is 15.0 Å². The molecule has 0 rings (SSSR count). The van der Waals surface area contributed by atoms with Gasteiger partial charge in [-0.3, -0.25) is 9.13 Å². The molecule has 0 aliphatic carbocycles. The van der Waals surface area contributed by atoms with Crippen molar-refractivity contribution in [1.29, 1.82) is 0 Å². The molecule has 0 aliphatic rings. The maximum atomic E-state index is 12.5. The number of hydrogen-bond donors (Lipinski definition) is 2. The van der Waals surface area contributed by atoms with E-state index in [9.17, 15) is 18.9 Å². The summed E-state index contributed by atoms with van der Waals surface area (Å²) >= 11 is 0. The molecule has 0 heterocycles. The quantitative estimate of drug-likeness (QED) is 0.155. The van der Waals surface area contributed by atoms with Crippen LogP contribution in [0.5, 0.6) is 0 Å². The van der Waals surface area contributed by atoms with Gasteiger partial charge in [-0.05, 0) is 79.6 Å². The van der Waals surface area contributed by atoms with Crippen molar-refractivity contribution in [2.45, 2.75) is 91.4 Å². The van der Waals surface area contributed by atoms with Crippen molar-refractivity contribution in [1.82, 2.24) is 0 Å². The minimum absolute atomic E-state index is 0.190. The number of rotatable bonds is 15. The summed E-state index contributed by atoms with van der Waals surface area (Å²) in [5, 5.41) is -1.19. The SMILES string of the molecule is CCOP(C)(=O)C(CCCC/C=C(\C)CC/C=C(\C)CCC=C(C)C)P(=O)(O)O. The van der Waals surface area contributed by atoms with E-state index >= 15 is 0 Å². The van der Waals surface area contributed by atoms with Crippen LogP contribution in [0.25, 0.3) is 0 Å². The van der Waals surface area contributed by atoms with Crippen LogP contribution in [0.4, 0.5) is 0 Å². The Kier molecular flexibility index (Phi) is 14.3. The summed E-state index contributed by atoms with van der Waals surface area (Å²) in [6, 6.07) is 0. The Morgan fingerprint density at radius 2 is 1.41 bits per heavy atom. The third kappa shape index (κ3) is 14.2. The normalized spacial score (nSPS) is 16.4. The highest BCUT2D eigenvalue weighted by molar-refractivity contribution is 7.74. The highest BCUT2D eigenvalue weighted by Crippen LogP contribution is 2.64. The second-order valence-corrected chi connectivity index (χ2v) is 13.0. The molecule has 29 heavy (non-hydrogen) atoms. The minimum Gasteiger partial charge on any atom is -0.328 e. The van der Waals surface area contributed by atoms with Gasteiger partial charge in [0.25, 0.3) is 0 Å². The Labute approximate surface area is 178 Å². The highest BCUT2D eigenvalue weighted by Gasteiger charge is 2.41. The molecule has 5 nitrogen and oxygen atoms in total. The van der Waals surface area contributed by atoms with Crippen molar-refractivity contribution >= 4 is 15.0 Å². The molecule has 2 atom stereocenters. The molecule has 170 valence electrons. The lowest BCUT2D eigenvalue weighted by Gasteiger charge is -2.24. The lowest BCUT2D eigenvalue weighted by molar-refractivity contribution is 0.320. The van der Waals surface area contributed by atoms with Crippen LogP contribution in [0.3, 0.4) is 0 Å². The van der Waals surface area contributed by atoms with E-state index < -0.39 is 20.4 Å².